The smallest absolute Gasteiger partial charge is 0.324 e. The number of methoxy groups -OCH3 is 1. The van der Waals surface area contributed by atoms with E-state index in [0.29, 0.717) is 6.54 Å². The van der Waals surface area contributed by atoms with Crippen molar-refractivity contribution in [3.05, 3.63) is 30.1 Å². The summed E-state index contributed by atoms with van der Waals surface area (Å²) >= 11 is 0. The Hall–Kier alpha value is -1.62. The van der Waals surface area contributed by atoms with E-state index >= 15 is 0 Å². The average Bonchev–Trinajstić information content (AvgIpc) is 2.60. The fraction of sp³-hybridized carbons (Fsp3) is 0.300. The van der Waals surface area contributed by atoms with Crippen LogP contribution in [0.5, 0.6) is 0 Å². The molecule has 1 N–H and O–H groups in total. The summed E-state index contributed by atoms with van der Waals surface area (Å²) in [7, 11) is 1.50. The number of halogens is 1. The predicted octanol–water partition coefficient (Wildman–Crippen LogP) is 1.33. The lowest BCUT2D eigenvalue weighted by atomic mass is 10.3. The number of urea groups is 1. The van der Waals surface area contributed by atoms with E-state index in [9.17, 15) is 9.18 Å². The minimum Gasteiger partial charge on any atom is -0.360 e. The van der Waals surface area contributed by atoms with Gasteiger partial charge in [0.2, 0.25) is 0 Å². The molecular formula is C10H11FN2O2. The van der Waals surface area contributed by atoms with Gasteiger partial charge in [-0.25, -0.2) is 9.18 Å². The summed E-state index contributed by atoms with van der Waals surface area (Å²) in [6, 6.07) is 5.81. The molecule has 2 amide bonds. The molecule has 4 nitrogen and oxygen atoms in total. The summed E-state index contributed by atoms with van der Waals surface area (Å²) in [5, 5.41) is 2.58. The van der Waals surface area contributed by atoms with Crippen LogP contribution in [0.15, 0.2) is 24.3 Å². The van der Waals surface area contributed by atoms with Crippen molar-refractivity contribution in [1.82, 2.24) is 5.32 Å². The maximum absolute atomic E-state index is 13.4. The van der Waals surface area contributed by atoms with Crippen molar-refractivity contribution in [2.75, 3.05) is 18.6 Å². The Morgan fingerprint density at radius 2 is 2.27 bits per heavy atom. The van der Waals surface area contributed by atoms with Gasteiger partial charge in [0.25, 0.3) is 0 Å². The van der Waals surface area contributed by atoms with Crippen LogP contribution in [-0.2, 0) is 4.74 Å². The van der Waals surface area contributed by atoms with Gasteiger partial charge in [-0.3, -0.25) is 4.90 Å². The number of carbonyl (C=O) groups is 1. The Morgan fingerprint density at radius 1 is 1.53 bits per heavy atom. The maximum Gasteiger partial charge on any atom is 0.324 e. The molecule has 0 spiro atoms. The highest BCUT2D eigenvalue weighted by Crippen LogP contribution is 2.21. The van der Waals surface area contributed by atoms with Gasteiger partial charge in [-0.1, -0.05) is 12.1 Å². The lowest BCUT2D eigenvalue weighted by molar-refractivity contribution is 0.105. The van der Waals surface area contributed by atoms with Crippen molar-refractivity contribution in [3.63, 3.8) is 0 Å². The van der Waals surface area contributed by atoms with Crippen LogP contribution < -0.4 is 10.2 Å². The lowest BCUT2D eigenvalue weighted by Crippen LogP contribution is -2.29. The summed E-state index contributed by atoms with van der Waals surface area (Å²) in [5.41, 5.74) is 0.273. The molecule has 1 fully saturated rings. The van der Waals surface area contributed by atoms with Crippen LogP contribution in [0.25, 0.3) is 0 Å². The minimum absolute atomic E-state index is 0.273. The highest BCUT2D eigenvalue weighted by molar-refractivity contribution is 5.94. The molecule has 5 heteroatoms. The molecule has 1 aromatic rings. The standard InChI is InChI=1S/C10H11FN2O2/c1-15-9-6-13(10(14)12-9)8-5-3-2-4-7(8)11/h2-5,9H,6H2,1H3,(H,12,14). The summed E-state index contributed by atoms with van der Waals surface area (Å²) < 4.78 is 18.4. The van der Waals surface area contributed by atoms with E-state index < -0.39 is 5.82 Å². The molecule has 1 heterocycles. The first-order valence-electron chi connectivity index (χ1n) is 4.57. The first-order chi connectivity index (χ1) is 7.22. The Balaban J connectivity index is 2.25. The topological polar surface area (TPSA) is 41.6 Å². The Kier molecular flexibility index (Phi) is 2.55. The van der Waals surface area contributed by atoms with E-state index in [4.69, 9.17) is 4.74 Å². The van der Waals surface area contributed by atoms with E-state index in [0.717, 1.165) is 0 Å². The third kappa shape index (κ3) is 1.78. The number of rotatable bonds is 2. The van der Waals surface area contributed by atoms with Crippen molar-refractivity contribution in [2.24, 2.45) is 0 Å². The monoisotopic (exact) mass is 210 g/mol. The summed E-state index contributed by atoms with van der Waals surface area (Å²) in [4.78, 5) is 12.8. The van der Waals surface area contributed by atoms with Gasteiger partial charge in [0.15, 0.2) is 0 Å². The van der Waals surface area contributed by atoms with Crippen LogP contribution in [0.4, 0.5) is 14.9 Å². The fourth-order valence-corrected chi connectivity index (χ4v) is 1.52. The van der Waals surface area contributed by atoms with Crippen molar-refractivity contribution < 1.29 is 13.9 Å². The molecule has 0 radical (unpaired) electrons. The van der Waals surface area contributed by atoms with E-state index in [2.05, 4.69) is 5.32 Å². The second-order valence-electron chi connectivity index (χ2n) is 3.24. The van der Waals surface area contributed by atoms with Gasteiger partial charge < -0.3 is 10.1 Å². The van der Waals surface area contributed by atoms with Crippen LogP contribution in [0, 0.1) is 5.82 Å². The number of nitrogens with one attached hydrogen (secondary N) is 1. The normalized spacial score (nSPS) is 20.5. The molecule has 15 heavy (non-hydrogen) atoms. The van der Waals surface area contributed by atoms with E-state index in [1.54, 1.807) is 18.2 Å². The molecule has 1 saturated heterocycles. The van der Waals surface area contributed by atoms with Crippen molar-refractivity contribution >= 4 is 11.7 Å². The molecule has 0 bridgehead atoms. The van der Waals surface area contributed by atoms with Gasteiger partial charge in [0, 0.05) is 7.11 Å². The maximum atomic E-state index is 13.4. The number of para-hydroxylation sites is 1. The Labute approximate surface area is 86.6 Å². The fourth-order valence-electron chi connectivity index (χ4n) is 1.52. The summed E-state index contributed by atoms with van der Waals surface area (Å²) in [6.07, 6.45) is -0.378. The van der Waals surface area contributed by atoms with Crippen LogP contribution >= 0.6 is 0 Å². The zero-order valence-corrected chi connectivity index (χ0v) is 8.24. The quantitative estimate of drug-likeness (QED) is 0.800. The Morgan fingerprint density at radius 3 is 2.87 bits per heavy atom. The van der Waals surface area contributed by atoms with Crippen molar-refractivity contribution in [2.45, 2.75) is 6.23 Å². The number of nitrogens with zero attached hydrogens (tertiary/aromatic N) is 1. The molecule has 2 rings (SSSR count). The largest absolute Gasteiger partial charge is 0.360 e. The molecular weight excluding hydrogens is 199 g/mol. The van der Waals surface area contributed by atoms with Gasteiger partial charge in [0.05, 0.1) is 12.2 Å². The molecule has 0 aliphatic carbocycles. The third-order valence-electron chi connectivity index (χ3n) is 2.31. The Bertz CT molecular complexity index is 383. The SMILES string of the molecule is COC1CN(c2ccccc2F)C(=O)N1. The van der Waals surface area contributed by atoms with Crippen LogP contribution in [0.2, 0.25) is 0 Å². The molecule has 1 atom stereocenters. The zero-order valence-electron chi connectivity index (χ0n) is 8.24. The zero-order chi connectivity index (χ0) is 10.8. The van der Waals surface area contributed by atoms with Crippen molar-refractivity contribution in [3.8, 4) is 0 Å². The molecule has 1 aromatic carbocycles. The highest BCUT2D eigenvalue weighted by Gasteiger charge is 2.30. The highest BCUT2D eigenvalue weighted by atomic mass is 19.1. The number of ether oxygens (including phenoxy) is 1. The number of benzene rings is 1. The molecule has 80 valence electrons. The predicted molar refractivity (Wildman–Crippen MR) is 53.1 cm³/mol. The van der Waals surface area contributed by atoms with E-state index in [1.807, 2.05) is 0 Å². The first-order valence-corrected chi connectivity index (χ1v) is 4.57. The van der Waals surface area contributed by atoms with Crippen LogP contribution in [-0.4, -0.2) is 25.9 Å². The number of carbonyl (C=O) groups excluding carboxylic acids is 1. The van der Waals surface area contributed by atoms with Gasteiger partial charge in [0.1, 0.15) is 12.0 Å². The number of hydrogen-bond acceptors (Lipinski definition) is 2. The second-order valence-corrected chi connectivity index (χ2v) is 3.24. The average molecular weight is 210 g/mol. The van der Waals surface area contributed by atoms with Gasteiger partial charge in [-0.15, -0.1) is 0 Å². The van der Waals surface area contributed by atoms with Gasteiger partial charge in [-0.2, -0.15) is 0 Å². The summed E-state index contributed by atoms with van der Waals surface area (Å²) in [5.74, 6) is -0.413. The number of hydrogen-bond donors (Lipinski definition) is 1. The number of anilines is 1. The van der Waals surface area contributed by atoms with Crippen LogP contribution in [0.3, 0.4) is 0 Å². The van der Waals surface area contributed by atoms with Crippen molar-refractivity contribution in [1.29, 1.82) is 0 Å². The third-order valence-corrected chi connectivity index (χ3v) is 2.31. The van der Waals surface area contributed by atoms with E-state index in [-0.39, 0.29) is 17.9 Å². The first kappa shape index (κ1) is 9.92. The minimum atomic E-state index is -0.413. The molecule has 0 saturated carbocycles. The lowest BCUT2D eigenvalue weighted by Gasteiger charge is -2.14. The molecule has 1 unspecified atom stereocenters. The van der Waals surface area contributed by atoms with Gasteiger partial charge >= 0.3 is 6.03 Å². The molecule has 0 aromatic heterocycles. The summed E-state index contributed by atoms with van der Waals surface area (Å²) in [6.45, 7) is 0.316. The second kappa shape index (κ2) is 3.86. The number of amides is 2. The van der Waals surface area contributed by atoms with Gasteiger partial charge in [-0.05, 0) is 12.1 Å². The van der Waals surface area contributed by atoms with E-state index in [1.165, 1.54) is 18.1 Å². The molecule has 1 aliphatic rings. The van der Waals surface area contributed by atoms with Crippen LogP contribution in [0.1, 0.15) is 0 Å². The molecule has 1 aliphatic heterocycles.